The number of carboxylic acid groups (broad SMARTS) is 1. The quantitative estimate of drug-likeness (QED) is 0.659. The van der Waals surface area contributed by atoms with Crippen LogP contribution in [0.4, 0.5) is 4.79 Å². The molecule has 2 amide bonds. The van der Waals surface area contributed by atoms with Gasteiger partial charge in [0.25, 0.3) is 0 Å². The molecule has 3 N–H and O–H groups in total. The predicted molar refractivity (Wildman–Crippen MR) is 84.7 cm³/mol. The van der Waals surface area contributed by atoms with Gasteiger partial charge in [0.15, 0.2) is 0 Å². The summed E-state index contributed by atoms with van der Waals surface area (Å²) in [5, 5.41) is 15.2. The number of hydrogen-bond acceptors (Lipinski definition) is 3. The Hall–Kier alpha value is -0.910. The van der Waals surface area contributed by atoms with Gasteiger partial charge in [-0.05, 0) is 31.9 Å². The number of carbonyl (C=O) groups is 2. The lowest BCUT2D eigenvalue weighted by Crippen LogP contribution is -2.47. The smallest absolute Gasteiger partial charge is 0.314 e. The Morgan fingerprint density at radius 1 is 1.00 bits per heavy atom. The molecule has 0 unspecified atom stereocenters. The zero-order valence-corrected chi connectivity index (χ0v) is 13.6. The van der Waals surface area contributed by atoms with Gasteiger partial charge in [0.05, 0.1) is 5.41 Å². The van der Waals surface area contributed by atoms with E-state index < -0.39 is 11.4 Å². The molecular formula is C15H26N2O3S. The van der Waals surface area contributed by atoms with Crippen molar-refractivity contribution in [3.8, 4) is 0 Å². The standard InChI is InChI=1S/C15H26N2O3S/c1-21-15(8-9-15)11-17-13(20)16-10-14(12(18)19)6-4-2-3-5-7-14/h2-11H2,1H3,(H,18,19)(H2,16,17,20). The van der Waals surface area contributed by atoms with Gasteiger partial charge in [0, 0.05) is 17.8 Å². The molecule has 0 aromatic rings. The van der Waals surface area contributed by atoms with Crippen LogP contribution < -0.4 is 10.6 Å². The highest BCUT2D eigenvalue weighted by Crippen LogP contribution is 2.46. The first kappa shape index (κ1) is 16.5. The van der Waals surface area contributed by atoms with E-state index in [-0.39, 0.29) is 17.3 Å². The molecule has 0 saturated heterocycles. The van der Waals surface area contributed by atoms with Gasteiger partial charge in [0.2, 0.25) is 0 Å². The molecule has 2 rings (SSSR count). The van der Waals surface area contributed by atoms with Crippen LogP contribution in [0.25, 0.3) is 0 Å². The summed E-state index contributed by atoms with van der Waals surface area (Å²) in [6, 6.07) is -0.236. The Kier molecular flexibility index (Phi) is 5.41. The maximum absolute atomic E-state index is 11.9. The third-order valence-electron chi connectivity index (χ3n) is 4.91. The van der Waals surface area contributed by atoms with Gasteiger partial charge in [-0.15, -0.1) is 0 Å². The Morgan fingerprint density at radius 2 is 1.57 bits per heavy atom. The van der Waals surface area contributed by atoms with E-state index in [2.05, 4.69) is 16.9 Å². The Balaban J connectivity index is 1.81. The molecule has 2 fully saturated rings. The Morgan fingerprint density at radius 3 is 2.05 bits per heavy atom. The number of nitrogens with one attached hydrogen (secondary N) is 2. The minimum Gasteiger partial charge on any atom is -0.481 e. The van der Waals surface area contributed by atoms with E-state index in [9.17, 15) is 14.7 Å². The average molecular weight is 314 g/mol. The second kappa shape index (κ2) is 6.90. The summed E-state index contributed by atoms with van der Waals surface area (Å²) in [7, 11) is 0. The maximum atomic E-state index is 11.9. The van der Waals surface area contributed by atoms with Gasteiger partial charge in [-0.1, -0.05) is 25.7 Å². The van der Waals surface area contributed by atoms with Crippen molar-refractivity contribution in [3.63, 3.8) is 0 Å². The number of hydrogen-bond donors (Lipinski definition) is 3. The van der Waals surface area contributed by atoms with E-state index in [1.54, 1.807) is 11.8 Å². The van der Waals surface area contributed by atoms with Crippen LogP contribution in [0.5, 0.6) is 0 Å². The minimum atomic E-state index is -0.773. The van der Waals surface area contributed by atoms with Gasteiger partial charge in [-0.3, -0.25) is 4.79 Å². The van der Waals surface area contributed by atoms with Crippen molar-refractivity contribution in [3.05, 3.63) is 0 Å². The van der Waals surface area contributed by atoms with E-state index >= 15 is 0 Å². The SMILES string of the molecule is CSC1(CNC(=O)NCC2(C(=O)O)CCCCCC2)CC1. The van der Waals surface area contributed by atoms with Crippen LogP contribution >= 0.6 is 11.8 Å². The first-order chi connectivity index (χ1) is 10.0. The lowest BCUT2D eigenvalue weighted by Gasteiger charge is -2.28. The highest BCUT2D eigenvalue weighted by Gasteiger charge is 2.42. The summed E-state index contributed by atoms with van der Waals surface area (Å²) in [5.74, 6) is -0.771. The molecule has 120 valence electrons. The van der Waals surface area contributed by atoms with E-state index in [0.29, 0.717) is 19.4 Å². The van der Waals surface area contributed by atoms with Crippen molar-refractivity contribution >= 4 is 23.8 Å². The van der Waals surface area contributed by atoms with Crippen molar-refractivity contribution in [1.29, 1.82) is 0 Å². The molecule has 0 heterocycles. The lowest BCUT2D eigenvalue weighted by molar-refractivity contribution is -0.149. The van der Waals surface area contributed by atoms with Crippen molar-refractivity contribution < 1.29 is 14.7 Å². The Labute approximate surface area is 130 Å². The normalized spacial score (nSPS) is 22.9. The summed E-state index contributed by atoms with van der Waals surface area (Å²) < 4.78 is 0.226. The van der Waals surface area contributed by atoms with E-state index in [4.69, 9.17) is 0 Å². The van der Waals surface area contributed by atoms with Crippen LogP contribution in [0.2, 0.25) is 0 Å². The van der Waals surface area contributed by atoms with Gasteiger partial charge >= 0.3 is 12.0 Å². The topological polar surface area (TPSA) is 78.4 Å². The van der Waals surface area contributed by atoms with Gasteiger partial charge in [-0.2, -0.15) is 11.8 Å². The lowest BCUT2D eigenvalue weighted by atomic mass is 9.80. The van der Waals surface area contributed by atoms with Crippen LogP contribution in [0.15, 0.2) is 0 Å². The first-order valence-corrected chi connectivity index (χ1v) is 9.05. The van der Waals surface area contributed by atoms with Gasteiger partial charge in [-0.25, -0.2) is 4.79 Å². The second-order valence-electron chi connectivity index (χ2n) is 6.42. The molecule has 2 saturated carbocycles. The number of thioether (sulfide) groups is 1. The number of carboxylic acids is 1. The number of urea groups is 1. The molecule has 6 heteroatoms. The van der Waals surface area contributed by atoms with Crippen molar-refractivity contribution in [1.82, 2.24) is 10.6 Å². The summed E-state index contributed by atoms with van der Waals surface area (Å²) in [6.45, 7) is 0.903. The third-order valence-corrected chi connectivity index (χ3v) is 6.33. The Bertz CT molecular complexity index is 388. The fourth-order valence-corrected chi connectivity index (χ4v) is 3.74. The van der Waals surface area contributed by atoms with Crippen LogP contribution in [-0.2, 0) is 4.79 Å². The second-order valence-corrected chi connectivity index (χ2v) is 7.70. The van der Waals surface area contributed by atoms with Crippen LogP contribution in [0.1, 0.15) is 51.4 Å². The molecule has 2 aliphatic carbocycles. The van der Waals surface area contributed by atoms with Crippen LogP contribution in [-0.4, -0.2) is 41.2 Å². The van der Waals surface area contributed by atoms with E-state index in [1.165, 1.54) is 0 Å². The van der Waals surface area contributed by atoms with Gasteiger partial charge < -0.3 is 15.7 Å². The fourth-order valence-electron chi connectivity index (χ4n) is 3.02. The van der Waals surface area contributed by atoms with Crippen molar-refractivity contribution in [2.75, 3.05) is 19.3 Å². The summed E-state index contributed by atoms with van der Waals surface area (Å²) in [5.41, 5.74) is -0.773. The molecule has 0 spiro atoms. The van der Waals surface area contributed by atoms with E-state index in [1.807, 2.05) is 0 Å². The number of amides is 2. The highest BCUT2D eigenvalue weighted by molar-refractivity contribution is 8.00. The molecule has 0 radical (unpaired) electrons. The highest BCUT2D eigenvalue weighted by atomic mass is 32.2. The van der Waals surface area contributed by atoms with Crippen molar-refractivity contribution in [2.24, 2.45) is 5.41 Å². The minimum absolute atomic E-state index is 0.226. The average Bonchev–Trinajstić information content (AvgIpc) is 3.27. The van der Waals surface area contributed by atoms with Gasteiger partial charge in [0.1, 0.15) is 0 Å². The fraction of sp³-hybridized carbons (Fsp3) is 0.867. The molecule has 0 aromatic heterocycles. The zero-order valence-electron chi connectivity index (χ0n) is 12.7. The maximum Gasteiger partial charge on any atom is 0.314 e. The number of carbonyl (C=O) groups excluding carboxylic acids is 1. The summed E-state index contributed by atoms with van der Waals surface area (Å²) >= 11 is 1.80. The third kappa shape index (κ3) is 4.28. The van der Waals surface area contributed by atoms with Crippen LogP contribution in [0, 0.1) is 5.41 Å². The zero-order chi connectivity index (χ0) is 15.3. The monoisotopic (exact) mass is 314 g/mol. The summed E-state index contributed by atoms with van der Waals surface area (Å²) in [6.07, 6.45) is 9.75. The first-order valence-electron chi connectivity index (χ1n) is 7.82. The molecular weight excluding hydrogens is 288 g/mol. The van der Waals surface area contributed by atoms with Crippen LogP contribution in [0.3, 0.4) is 0 Å². The molecule has 2 aliphatic rings. The predicted octanol–water partition coefficient (Wildman–Crippen LogP) is 2.61. The van der Waals surface area contributed by atoms with E-state index in [0.717, 1.165) is 38.5 Å². The largest absolute Gasteiger partial charge is 0.481 e. The molecule has 0 bridgehead atoms. The molecule has 5 nitrogen and oxygen atoms in total. The molecule has 0 aliphatic heterocycles. The molecule has 21 heavy (non-hydrogen) atoms. The molecule has 0 aromatic carbocycles. The number of aliphatic carboxylic acids is 1. The van der Waals surface area contributed by atoms with Crippen molar-refractivity contribution in [2.45, 2.75) is 56.1 Å². The molecule has 0 atom stereocenters. The number of rotatable bonds is 6. The summed E-state index contributed by atoms with van der Waals surface area (Å²) in [4.78, 5) is 23.5.